The fraction of sp³-hybridized carbons (Fsp3) is 0.448. The maximum atomic E-state index is 13.3. The maximum absolute atomic E-state index is 13.3. The van der Waals surface area contributed by atoms with Crippen LogP contribution in [0, 0.1) is 0 Å². The molecule has 0 spiro atoms. The van der Waals surface area contributed by atoms with Crippen molar-refractivity contribution >= 4 is 31.9 Å². The predicted octanol–water partition coefficient (Wildman–Crippen LogP) is 3.61. The molecule has 1 saturated heterocycles. The van der Waals surface area contributed by atoms with Gasteiger partial charge in [0, 0.05) is 39.6 Å². The van der Waals surface area contributed by atoms with Crippen LogP contribution in [0.15, 0.2) is 42.5 Å². The molecule has 2 aromatic rings. The highest BCUT2D eigenvalue weighted by Gasteiger charge is 2.43. The SMILES string of the molecule is C[Si](C)(C)CCOCN1C(=O)CCC(N2Cc3cc(O[C@H]4Cc5ccccc5[C@@H]4OC(N)=O)ccc3C2=O)C1=O. The number of fused-ring (bicyclic) bond motifs is 2. The fourth-order valence-corrected chi connectivity index (χ4v) is 6.25. The number of hydrogen-bond acceptors (Lipinski definition) is 7. The van der Waals surface area contributed by atoms with Crippen molar-refractivity contribution in [3.05, 3.63) is 64.7 Å². The molecule has 11 heteroatoms. The number of likely N-dealkylation sites (tertiary alicyclic amines) is 1. The number of piperidine rings is 1. The molecule has 1 unspecified atom stereocenters. The van der Waals surface area contributed by atoms with Gasteiger partial charge in [0.1, 0.15) is 24.6 Å². The van der Waals surface area contributed by atoms with Crippen molar-refractivity contribution in [3.8, 4) is 5.75 Å². The normalized spacial score (nSPS) is 22.4. The largest absolute Gasteiger partial charge is 0.486 e. The monoisotopic (exact) mass is 565 g/mol. The van der Waals surface area contributed by atoms with Gasteiger partial charge < -0.3 is 24.8 Å². The Balaban J connectivity index is 1.26. The highest BCUT2D eigenvalue weighted by atomic mass is 28.3. The number of benzene rings is 2. The third kappa shape index (κ3) is 5.75. The van der Waals surface area contributed by atoms with Gasteiger partial charge in [-0.3, -0.25) is 19.3 Å². The minimum Gasteiger partial charge on any atom is -0.486 e. The van der Waals surface area contributed by atoms with Gasteiger partial charge in [-0.1, -0.05) is 43.9 Å². The molecule has 212 valence electrons. The number of carbonyl (C=O) groups is 4. The van der Waals surface area contributed by atoms with E-state index in [9.17, 15) is 19.2 Å². The molecule has 0 radical (unpaired) electrons. The van der Waals surface area contributed by atoms with Crippen molar-refractivity contribution in [2.24, 2.45) is 5.73 Å². The molecule has 3 atom stereocenters. The van der Waals surface area contributed by atoms with Crippen LogP contribution in [0.2, 0.25) is 25.7 Å². The number of imide groups is 1. The van der Waals surface area contributed by atoms with Gasteiger partial charge in [0.15, 0.2) is 6.10 Å². The predicted molar refractivity (Wildman–Crippen MR) is 148 cm³/mol. The van der Waals surface area contributed by atoms with Crippen LogP contribution >= 0.6 is 0 Å². The van der Waals surface area contributed by atoms with E-state index in [1.807, 2.05) is 24.3 Å². The van der Waals surface area contributed by atoms with Crippen molar-refractivity contribution in [2.45, 2.75) is 69.7 Å². The second-order valence-corrected chi connectivity index (χ2v) is 17.4. The van der Waals surface area contributed by atoms with Crippen molar-refractivity contribution < 1.29 is 33.4 Å². The molecule has 0 bridgehead atoms. The summed E-state index contributed by atoms with van der Waals surface area (Å²) in [6.45, 7) is 7.33. The second kappa shape index (κ2) is 11.1. The van der Waals surface area contributed by atoms with Crippen LogP contribution in [-0.2, 0) is 32.0 Å². The zero-order chi connectivity index (χ0) is 28.6. The van der Waals surface area contributed by atoms with Gasteiger partial charge in [-0.15, -0.1) is 0 Å². The van der Waals surface area contributed by atoms with Gasteiger partial charge >= 0.3 is 6.09 Å². The van der Waals surface area contributed by atoms with Crippen LogP contribution in [0.25, 0.3) is 0 Å². The molecule has 1 fully saturated rings. The van der Waals surface area contributed by atoms with Crippen molar-refractivity contribution in [1.29, 1.82) is 0 Å². The molecule has 0 saturated carbocycles. The zero-order valence-electron chi connectivity index (χ0n) is 23.1. The van der Waals surface area contributed by atoms with Crippen LogP contribution in [0.4, 0.5) is 4.79 Å². The van der Waals surface area contributed by atoms with E-state index in [0.29, 0.717) is 24.3 Å². The molecule has 3 aliphatic rings. The van der Waals surface area contributed by atoms with Crippen LogP contribution in [0.3, 0.4) is 0 Å². The highest BCUT2D eigenvalue weighted by Crippen LogP contribution is 2.38. The summed E-state index contributed by atoms with van der Waals surface area (Å²) in [7, 11) is -1.31. The van der Waals surface area contributed by atoms with Crippen molar-refractivity contribution in [3.63, 3.8) is 0 Å². The van der Waals surface area contributed by atoms with E-state index >= 15 is 0 Å². The molecule has 40 heavy (non-hydrogen) atoms. The Morgan fingerprint density at radius 1 is 1.07 bits per heavy atom. The second-order valence-electron chi connectivity index (χ2n) is 11.7. The van der Waals surface area contributed by atoms with Gasteiger partial charge in [-0.05, 0) is 47.4 Å². The lowest BCUT2D eigenvalue weighted by Gasteiger charge is -2.35. The van der Waals surface area contributed by atoms with E-state index in [4.69, 9.17) is 19.9 Å². The van der Waals surface area contributed by atoms with Crippen LogP contribution in [-0.4, -0.2) is 67.2 Å². The summed E-state index contributed by atoms with van der Waals surface area (Å²) in [5.41, 5.74) is 8.42. The van der Waals surface area contributed by atoms with E-state index in [0.717, 1.165) is 27.6 Å². The Labute approximate surface area is 234 Å². The van der Waals surface area contributed by atoms with E-state index < -0.39 is 38.3 Å². The van der Waals surface area contributed by atoms with Crippen molar-refractivity contribution in [2.75, 3.05) is 13.3 Å². The zero-order valence-corrected chi connectivity index (χ0v) is 24.1. The van der Waals surface area contributed by atoms with Gasteiger partial charge in [0.05, 0.1) is 0 Å². The molecule has 1 aliphatic carbocycles. The summed E-state index contributed by atoms with van der Waals surface area (Å²) in [6.07, 6.45) is -1.01. The lowest BCUT2D eigenvalue weighted by Crippen LogP contribution is -2.55. The molecular formula is C29H35N3O7Si. The lowest BCUT2D eigenvalue weighted by atomic mass is 10.0. The van der Waals surface area contributed by atoms with Crippen molar-refractivity contribution in [1.82, 2.24) is 9.80 Å². The third-order valence-corrected chi connectivity index (χ3v) is 9.34. The standard InChI is InChI=1S/C29H35N3O7Si/c1-40(2,3)13-12-37-17-32-25(33)11-10-23(28(32)35)31-16-19-14-20(8-9-22(19)27(31)34)38-24-15-18-6-4-5-7-21(18)26(24)39-29(30)36/h4-9,14,23-24,26H,10-13,15-17H2,1-3H3,(H2,30,36)/t23?,24-,26-/m0/s1. The molecule has 5 rings (SSSR count). The maximum Gasteiger partial charge on any atom is 0.405 e. The van der Waals surface area contributed by atoms with E-state index in [1.165, 1.54) is 4.90 Å². The first-order valence-electron chi connectivity index (χ1n) is 13.6. The molecule has 10 nitrogen and oxygen atoms in total. The summed E-state index contributed by atoms with van der Waals surface area (Å²) in [4.78, 5) is 53.4. The fourth-order valence-electron chi connectivity index (χ4n) is 5.49. The number of carbonyl (C=O) groups excluding carboxylic acids is 4. The molecule has 2 aromatic carbocycles. The van der Waals surface area contributed by atoms with E-state index in [2.05, 4.69) is 19.6 Å². The molecule has 2 heterocycles. The lowest BCUT2D eigenvalue weighted by molar-refractivity contribution is -0.158. The average Bonchev–Trinajstić information content (AvgIpc) is 3.39. The number of primary amides is 1. The number of nitrogens with two attached hydrogens (primary N) is 1. The van der Waals surface area contributed by atoms with Gasteiger partial charge in [-0.25, -0.2) is 4.79 Å². The molecule has 2 aliphatic heterocycles. The molecular weight excluding hydrogens is 530 g/mol. The van der Waals surface area contributed by atoms with Crippen LogP contribution in [0.1, 0.15) is 46.0 Å². The van der Waals surface area contributed by atoms with Crippen LogP contribution < -0.4 is 10.5 Å². The molecule has 4 amide bonds. The molecule has 2 N–H and O–H groups in total. The Kier molecular flexibility index (Phi) is 7.69. The summed E-state index contributed by atoms with van der Waals surface area (Å²) in [5.74, 6) is -0.416. The number of hydrogen-bond donors (Lipinski definition) is 1. The Hall–Kier alpha value is -3.70. The van der Waals surface area contributed by atoms with Crippen LogP contribution in [0.5, 0.6) is 5.75 Å². The Morgan fingerprint density at radius 2 is 1.85 bits per heavy atom. The molecule has 0 aromatic heterocycles. The minimum absolute atomic E-state index is 0.0933. The third-order valence-electron chi connectivity index (χ3n) is 7.64. The summed E-state index contributed by atoms with van der Waals surface area (Å²) in [5, 5.41) is 0. The van der Waals surface area contributed by atoms with E-state index in [1.54, 1.807) is 18.2 Å². The first-order chi connectivity index (χ1) is 19.0. The quantitative estimate of drug-likeness (QED) is 0.279. The Morgan fingerprint density at radius 3 is 2.60 bits per heavy atom. The first-order valence-corrected chi connectivity index (χ1v) is 17.3. The van der Waals surface area contributed by atoms with E-state index in [-0.39, 0.29) is 37.9 Å². The topological polar surface area (TPSA) is 128 Å². The smallest absolute Gasteiger partial charge is 0.405 e. The number of rotatable bonds is 9. The Bertz CT molecular complexity index is 1340. The summed E-state index contributed by atoms with van der Waals surface area (Å²) in [6, 6.07) is 13.0. The number of ether oxygens (including phenoxy) is 3. The number of nitrogens with zero attached hydrogens (tertiary/aromatic N) is 2. The van der Waals surface area contributed by atoms with Gasteiger partial charge in [-0.2, -0.15) is 0 Å². The van der Waals surface area contributed by atoms with Gasteiger partial charge in [0.25, 0.3) is 11.8 Å². The summed E-state index contributed by atoms with van der Waals surface area (Å²) >= 11 is 0. The average molecular weight is 566 g/mol. The summed E-state index contributed by atoms with van der Waals surface area (Å²) < 4.78 is 17.3. The number of amides is 4. The first kappa shape index (κ1) is 27.8. The van der Waals surface area contributed by atoms with Gasteiger partial charge in [0.2, 0.25) is 5.91 Å². The minimum atomic E-state index is -1.31. The highest BCUT2D eigenvalue weighted by molar-refractivity contribution is 6.76.